The van der Waals surface area contributed by atoms with E-state index in [2.05, 4.69) is 36.4 Å². The Morgan fingerprint density at radius 3 is 2.31 bits per heavy atom. The van der Waals surface area contributed by atoms with E-state index in [1.807, 2.05) is 24.3 Å². The molecule has 2 aromatic rings. The fourth-order valence-electron chi connectivity index (χ4n) is 3.28. The molecule has 1 aliphatic heterocycles. The van der Waals surface area contributed by atoms with Gasteiger partial charge in [-0.25, -0.2) is 4.99 Å². The van der Waals surface area contributed by atoms with E-state index >= 15 is 0 Å². The Labute approximate surface area is 187 Å². The van der Waals surface area contributed by atoms with E-state index in [9.17, 15) is 14.9 Å². The average Bonchev–Trinajstić information content (AvgIpc) is 3.12. The Bertz CT molecular complexity index is 1130. The second kappa shape index (κ2) is 9.58. The van der Waals surface area contributed by atoms with Gasteiger partial charge in [-0.1, -0.05) is 57.2 Å². The molecule has 0 radical (unpaired) electrons. The van der Waals surface area contributed by atoms with Crippen molar-refractivity contribution in [3.05, 3.63) is 76.4 Å². The topological polar surface area (TPSA) is 104 Å². The number of hydrogen-bond acceptors (Lipinski definition) is 5. The molecule has 0 spiro atoms. The second-order valence-electron chi connectivity index (χ2n) is 8.37. The maximum atomic E-state index is 12.9. The van der Waals surface area contributed by atoms with E-state index in [1.54, 1.807) is 30.3 Å². The molecule has 32 heavy (non-hydrogen) atoms. The third-order valence-electron chi connectivity index (χ3n) is 5.07. The highest BCUT2D eigenvalue weighted by atomic mass is 16.5. The number of amides is 2. The minimum absolute atomic E-state index is 0.0132. The van der Waals surface area contributed by atoms with Gasteiger partial charge < -0.3 is 15.4 Å². The first-order valence-electron chi connectivity index (χ1n) is 10.3. The molecule has 0 aromatic heterocycles. The van der Waals surface area contributed by atoms with Crippen molar-refractivity contribution in [2.24, 2.45) is 4.99 Å². The molecule has 0 unspecified atom stereocenters. The van der Waals surface area contributed by atoms with Crippen molar-refractivity contribution in [1.29, 1.82) is 5.26 Å². The van der Waals surface area contributed by atoms with Crippen molar-refractivity contribution in [3.8, 4) is 6.07 Å². The molecule has 0 bridgehead atoms. The lowest BCUT2D eigenvalue weighted by molar-refractivity contribution is -0.117. The zero-order valence-electron chi connectivity index (χ0n) is 18.7. The lowest BCUT2D eigenvalue weighted by atomic mass is 9.87. The minimum Gasteiger partial charge on any atom is -0.383 e. The number of benzene rings is 2. The minimum atomic E-state index is -0.538. The standard InChI is InChI=1S/C25H26N4O3/c1-25(2,3)17-11-9-16(10-12-17)23(30)29-22-19-8-6-5-7-18(19)21(28-22)20(15-26)24(31)27-13-14-32-4/h5-12H,13-14H2,1-4H3,(H,27,31)(H,28,29,30)/b21-20+. The van der Waals surface area contributed by atoms with Crippen LogP contribution in [0.1, 0.15) is 47.8 Å². The number of carbonyl (C=O) groups is 2. The smallest absolute Gasteiger partial charge is 0.264 e. The first-order valence-corrected chi connectivity index (χ1v) is 10.3. The summed E-state index contributed by atoms with van der Waals surface area (Å²) < 4.78 is 4.93. The van der Waals surface area contributed by atoms with Gasteiger partial charge in [-0.3, -0.25) is 9.59 Å². The fourth-order valence-corrected chi connectivity index (χ4v) is 3.28. The first-order chi connectivity index (χ1) is 15.3. The number of nitrogens with one attached hydrogen (secondary N) is 2. The summed E-state index contributed by atoms with van der Waals surface area (Å²) in [5.41, 5.74) is 2.99. The van der Waals surface area contributed by atoms with Gasteiger partial charge in [-0.15, -0.1) is 0 Å². The van der Waals surface area contributed by atoms with E-state index in [4.69, 9.17) is 4.74 Å². The van der Waals surface area contributed by atoms with Crippen molar-refractivity contribution in [2.75, 3.05) is 20.3 Å². The quantitative estimate of drug-likeness (QED) is 0.432. The Kier molecular flexibility index (Phi) is 6.86. The van der Waals surface area contributed by atoms with Gasteiger partial charge in [0.25, 0.3) is 11.8 Å². The molecule has 0 aliphatic carbocycles. The van der Waals surface area contributed by atoms with Crippen molar-refractivity contribution in [3.63, 3.8) is 0 Å². The summed E-state index contributed by atoms with van der Waals surface area (Å²) in [5, 5.41) is 15.1. The van der Waals surface area contributed by atoms with E-state index in [0.717, 1.165) is 5.56 Å². The largest absolute Gasteiger partial charge is 0.383 e. The molecule has 7 heteroatoms. The van der Waals surface area contributed by atoms with Crippen LogP contribution in [0.5, 0.6) is 0 Å². The van der Waals surface area contributed by atoms with Gasteiger partial charge in [0.1, 0.15) is 17.5 Å². The monoisotopic (exact) mass is 430 g/mol. The number of amidine groups is 1. The van der Waals surface area contributed by atoms with E-state index in [0.29, 0.717) is 29.1 Å². The Balaban J connectivity index is 1.90. The van der Waals surface area contributed by atoms with Crippen LogP contribution in [0, 0.1) is 11.3 Å². The summed E-state index contributed by atoms with van der Waals surface area (Å²) in [4.78, 5) is 29.8. The van der Waals surface area contributed by atoms with Crippen molar-refractivity contribution in [2.45, 2.75) is 26.2 Å². The number of hydrogen-bond donors (Lipinski definition) is 2. The van der Waals surface area contributed by atoms with Gasteiger partial charge in [0.2, 0.25) is 0 Å². The second-order valence-corrected chi connectivity index (χ2v) is 8.37. The highest BCUT2D eigenvalue weighted by Crippen LogP contribution is 2.30. The predicted octanol–water partition coefficient (Wildman–Crippen LogP) is 3.17. The van der Waals surface area contributed by atoms with Gasteiger partial charge in [-0.05, 0) is 23.1 Å². The third kappa shape index (κ3) is 4.93. The molecule has 0 fully saturated rings. The van der Waals surface area contributed by atoms with Gasteiger partial charge in [0.05, 0.1) is 12.3 Å². The number of rotatable bonds is 5. The van der Waals surface area contributed by atoms with Crippen LogP contribution >= 0.6 is 0 Å². The number of ether oxygens (including phenoxy) is 1. The Morgan fingerprint density at radius 1 is 1.06 bits per heavy atom. The van der Waals surface area contributed by atoms with Crippen molar-refractivity contribution in [1.82, 2.24) is 10.6 Å². The van der Waals surface area contributed by atoms with Gasteiger partial charge in [-0.2, -0.15) is 5.26 Å². The van der Waals surface area contributed by atoms with Crippen molar-refractivity contribution < 1.29 is 14.3 Å². The number of nitrogens with zero attached hydrogens (tertiary/aromatic N) is 2. The average molecular weight is 431 g/mol. The highest BCUT2D eigenvalue weighted by Gasteiger charge is 2.27. The molecular formula is C25H26N4O3. The van der Waals surface area contributed by atoms with Crippen LogP contribution in [-0.2, 0) is 14.9 Å². The highest BCUT2D eigenvalue weighted by molar-refractivity contribution is 6.20. The number of nitriles is 1. The molecule has 7 nitrogen and oxygen atoms in total. The molecule has 2 N–H and O–H groups in total. The van der Waals surface area contributed by atoms with Crippen LogP contribution in [-0.4, -0.2) is 37.9 Å². The Hall–Kier alpha value is -3.76. The third-order valence-corrected chi connectivity index (χ3v) is 5.07. The zero-order valence-corrected chi connectivity index (χ0v) is 18.7. The van der Waals surface area contributed by atoms with Crippen LogP contribution in [0.4, 0.5) is 0 Å². The van der Waals surface area contributed by atoms with E-state index in [1.165, 1.54) is 7.11 Å². The number of methoxy groups -OCH3 is 1. The first kappa shape index (κ1) is 22.9. The molecule has 0 saturated carbocycles. The lowest BCUT2D eigenvalue weighted by Crippen LogP contribution is -2.30. The molecule has 0 atom stereocenters. The molecule has 1 aliphatic rings. The summed E-state index contributed by atoms with van der Waals surface area (Å²) in [6.07, 6.45) is 0. The number of aliphatic imine (C=N–C) groups is 1. The van der Waals surface area contributed by atoms with Gasteiger partial charge in [0.15, 0.2) is 0 Å². The van der Waals surface area contributed by atoms with Crippen LogP contribution in [0.25, 0.3) is 5.70 Å². The molecule has 2 aromatic carbocycles. The Morgan fingerprint density at radius 2 is 1.72 bits per heavy atom. The summed E-state index contributed by atoms with van der Waals surface area (Å²) in [7, 11) is 1.53. The van der Waals surface area contributed by atoms with Crippen molar-refractivity contribution >= 4 is 23.3 Å². The summed E-state index contributed by atoms with van der Waals surface area (Å²) in [6, 6.07) is 16.5. The molecule has 1 heterocycles. The fraction of sp³-hybridized carbons (Fsp3) is 0.280. The zero-order chi connectivity index (χ0) is 23.3. The molecule has 3 rings (SSSR count). The van der Waals surface area contributed by atoms with Crippen LogP contribution in [0.15, 0.2) is 59.1 Å². The molecule has 164 valence electrons. The summed E-state index contributed by atoms with van der Waals surface area (Å²) in [5.74, 6) is -0.551. The summed E-state index contributed by atoms with van der Waals surface area (Å²) in [6.45, 7) is 6.93. The summed E-state index contributed by atoms with van der Waals surface area (Å²) >= 11 is 0. The van der Waals surface area contributed by atoms with E-state index in [-0.39, 0.29) is 29.1 Å². The van der Waals surface area contributed by atoms with Gasteiger partial charge in [0, 0.05) is 30.3 Å². The normalized spacial score (nSPS) is 14.2. The molecule has 0 saturated heterocycles. The van der Waals surface area contributed by atoms with Crippen LogP contribution < -0.4 is 10.6 Å². The lowest BCUT2D eigenvalue weighted by Gasteiger charge is -2.19. The molecular weight excluding hydrogens is 404 g/mol. The van der Waals surface area contributed by atoms with Gasteiger partial charge >= 0.3 is 0 Å². The predicted molar refractivity (Wildman–Crippen MR) is 123 cm³/mol. The number of carbonyl (C=O) groups excluding carboxylic acids is 2. The van der Waals surface area contributed by atoms with E-state index < -0.39 is 5.91 Å². The van der Waals surface area contributed by atoms with Crippen LogP contribution in [0.3, 0.4) is 0 Å². The SMILES string of the molecule is COCCNC(=O)/C(C#N)=C1/N=C(NC(=O)c2ccc(C(C)(C)C)cc2)c2ccccc21. The maximum absolute atomic E-state index is 12.9. The number of fused-ring (bicyclic) bond motifs is 1. The molecule has 2 amide bonds. The maximum Gasteiger partial charge on any atom is 0.264 e. The van der Waals surface area contributed by atoms with Crippen LogP contribution in [0.2, 0.25) is 0 Å².